The van der Waals surface area contributed by atoms with E-state index in [0.29, 0.717) is 0 Å². The molecule has 0 aliphatic heterocycles. The first-order valence-electron chi connectivity index (χ1n) is 14.6. The lowest BCUT2D eigenvalue weighted by atomic mass is 9.95. The Morgan fingerprint density at radius 3 is 2.12 bits per heavy atom. The highest BCUT2D eigenvalue weighted by atomic mass is 14.7. The minimum Gasteiger partial charge on any atom is -0.256 e. The summed E-state index contributed by atoms with van der Waals surface area (Å²) in [7, 11) is 0. The summed E-state index contributed by atoms with van der Waals surface area (Å²) in [5, 5.41) is 0. The van der Waals surface area contributed by atoms with E-state index in [4.69, 9.17) is 9.97 Å². The second-order valence-corrected chi connectivity index (χ2v) is 10.0. The quantitative estimate of drug-likeness (QED) is 0.160. The van der Waals surface area contributed by atoms with Gasteiger partial charge in [0.05, 0.1) is 22.8 Å². The molecule has 210 valence electrons. The van der Waals surface area contributed by atoms with Gasteiger partial charge in [-0.2, -0.15) is 0 Å². The van der Waals surface area contributed by atoms with Crippen LogP contribution in [-0.2, 0) is 0 Å². The Labute approximate surface area is 255 Å². The molecule has 3 heterocycles. The summed E-state index contributed by atoms with van der Waals surface area (Å²) >= 11 is 0. The normalized spacial score (nSPS) is 12.0. The van der Waals surface area contributed by atoms with Crippen molar-refractivity contribution in [2.75, 3.05) is 0 Å². The fraction of sp³-hybridized carbons (Fsp3) is 0.0750. The first-order valence-corrected chi connectivity index (χ1v) is 14.6. The van der Waals surface area contributed by atoms with Crippen molar-refractivity contribution in [1.82, 2.24) is 15.0 Å². The van der Waals surface area contributed by atoms with Crippen LogP contribution in [0.15, 0.2) is 153 Å². The lowest BCUT2D eigenvalue weighted by Gasteiger charge is -2.13. The Kier molecular flexibility index (Phi) is 9.79. The molecule has 0 fully saturated rings. The fourth-order valence-corrected chi connectivity index (χ4v) is 4.82. The van der Waals surface area contributed by atoms with Crippen molar-refractivity contribution in [2.24, 2.45) is 0 Å². The molecule has 3 aromatic heterocycles. The molecular formula is C40H35N3. The largest absolute Gasteiger partial charge is 0.256 e. The standard InChI is InChI=1S/C40H35N3/c1-4-7-9-13-19-37-27-34(28-40(43-37)31-17-11-10-12-18-31)33-24-35(38-20-14-15-23-41-38)26-36(25-33)39-22-21-32(29-42-39)30(6-3)16-8-5-2/h4,6-29H,1,5H2,2-3H3/b9-7-,16-8-,19-13+,30-6+. The summed E-state index contributed by atoms with van der Waals surface area (Å²) < 4.78 is 0. The Morgan fingerprint density at radius 2 is 1.44 bits per heavy atom. The molecule has 2 aromatic carbocycles. The molecule has 3 heteroatoms. The van der Waals surface area contributed by atoms with Crippen LogP contribution >= 0.6 is 0 Å². The Hall–Kier alpha value is -5.41. The van der Waals surface area contributed by atoms with Gasteiger partial charge in [0.15, 0.2) is 0 Å². The molecule has 0 aliphatic rings. The van der Waals surface area contributed by atoms with Crippen LogP contribution in [0.3, 0.4) is 0 Å². The minimum absolute atomic E-state index is 0.872. The van der Waals surface area contributed by atoms with E-state index in [1.807, 2.05) is 73.1 Å². The van der Waals surface area contributed by atoms with Gasteiger partial charge in [0.25, 0.3) is 0 Å². The first kappa shape index (κ1) is 29.1. The third-order valence-corrected chi connectivity index (χ3v) is 7.00. The summed E-state index contributed by atoms with van der Waals surface area (Å²) in [6.45, 7) is 7.96. The van der Waals surface area contributed by atoms with Crippen LogP contribution < -0.4 is 0 Å². The molecule has 43 heavy (non-hydrogen) atoms. The number of aromatic nitrogens is 3. The molecule has 0 unspecified atom stereocenters. The maximum Gasteiger partial charge on any atom is 0.0715 e. The van der Waals surface area contributed by atoms with Gasteiger partial charge in [-0.1, -0.05) is 98.5 Å². The molecule has 5 aromatic rings. The van der Waals surface area contributed by atoms with Crippen LogP contribution in [0.5, 0.6) is 0 Å². The van der Waals surface area contributed by atoms with Crippen LogP contribution in [0.25, 0.3) is 56.5 Å². The van der Waals surface area contributed by atoms with Crippen LogP contribution in [-0.4, -0.2) is 15.0 Å². The average Bonchev–Trinajstić information content (AvgIpc) is 3.08. The number of benzene rings is 2. The smallest absolute Gasteiger partial charge is 0.0715 e. The van der Waals surface area contributed by atoms with E-state index in [2.05, 4.69) is 98.2 Å². The first-order chi connectivity index (χ1) is 21.2. The SMILES string of the molecule is C=C/C=C\C=C\c1cc(-c2cc(-c3ccccn3)cc(-c3ccc(C(/C=C\CC)=C/C)cn3)c2)cc(-c2ccccc2)n1. The predicted octanol–water partition coefficient (Wildman–Crippen LogP) is 10.7. The monoisotopic (exact) mass is 557 g/mol. The maximum atomic E-state index is 4.96. The van der Waals surface area contributed by atoms with Crippen molar-refractivity contribution in [3.63, 3.8) is 0 Å². The van der Waals surface area contributed by atoms with Gasteiger partial charge in [0.1, 0.15) is 0 Å². The van der Waals surface area contributed by atoms with Crippen molar-refractivity contribution >= 4 is 11.6 Å². The van der Waals surface area contributed by atoms with Crippen LogP contribution in [0.2, 0.25) is 0 Å². The van der Waals surface area contributed by atoms with E-state index in [1.54, 1.807) is 6.08 Å². The van der Waals surface area contributed by atoms with Gasteiger partial charge >= 0.3 is 0 Å². The van der Waals surface area contributed by atoms with Gasteiger partial charge in [-0.05, 0) is 90.2 Å². The van der Waals surface area contributed by atoms with Gasteiger partial charge in [0, 0.05) is 29.1 Å². The Morgan fingerprint density at radius 1 is 0.698 bits per heavy atom. The van der Waals surface area contributed by atoms with E-state index < -0.39 is 0 Å². The van der Waals surface area contributed by atoms with E-state index in [-0.39, 0.29) is 0 Å². The third-order valence-electron chi connectivity index (χ3n) is 7.00. The zero-order chi connectivity index (χ0) is 29.9. The zero-order valence-electron chi connectivity index (χ0n) is 24.7. The number of allylic oxidation sites excluding steroid dienone is 8. The van der Waals surface area contributed by atoms with Gasteiger partial charge in [-0.3, -0.25) is 9.97 Å². The molecule has 5 rings (SSSR count). The van der Waals surface area contributed by atoms with Crippen molar-refractivity contribution in [3.05, 3.63) is 164 Å². The van der Waals surface area contributed by atoms with Crippen LogP contribution in [0, 0.1) is 0 Å². The van der Waals surface area contributed by atoms with Crippen molar-refractivity contribution in [2.45, 2.75) is 20.3 Å². The summed E-state index contributed by atoms with van der Waals surface area (Å²) in [4.78, 5) is 14.5. The van der Waals surface area contributed by atoms with Gasteiger partial charge < -0.3 is 0 Å². The van der Waals surface area contributed by atoms with Crippen molar-refractivity contribution in [3.8, 4) is 44.9 Å². The topological polar surface area (TPSA) is 38.7 Å². The second kappa shape index (κ2) is 14.5. The van der Waals surface area contributed by atoms with Gasteiger partial charge in [0.2, 0.25) is 0 Å². The molecule has 0 amide bonds. The molecule has 0 saturated heterocycles. The summed E-state index contributed by atoms with van der Waals surface area (Å²) in [5.74, 6) is 0. The minimum atomic E-state index is 0.872. The molecule has 3 nitrogen and oxygen atoms in total. The molecule has 0 radical (unpaired) electrons. The second-order valence-electron chi connectivity index (χ2n) is 10.0. The number of nitrogens with zero attached hydrogens (tertiary/aromatic N) is 3. The molecule has 0 N–H and O–H groups in total. The number of hydrogen-bond donors (Lipinski definition) is 0. The number of pyridine rings is 3. The summed E-state index contributed by atoms with van der Waals surface area (Å²) in [5.41, 5.74) is 11.1. The van der Waals surface area contributed by atoms with Gasteiger partial charge in [-0.25, -0.2) is 4.98 Å². The van der Waals surface area contributed by atoms with E-state index in [1.165, 1.54) is 0 Å². The Bertz CT molecular complexity index is 1790. The molecule has 0 atom stereocenters. The van der Waals surface area contributed by atoms with E-state index in [9.17, 15) is 0 Å². The highest BCUT2D eigenvalue weighted by Gasteiger charge is 2.12. The van der Waals surface area contributed by atoms with Crippen molar-refractivity contribution in [1.29, 1.82) is 0 Å². The molecular weight excluding hydrogens is 522 g/mol. The summed E-state index contributed by atoms with van der Waals surface area (Å²) in [6.07, 6.45) is 20.8. The zero-order valence-corrected chi connectivity index (χ0v) is 24.7. The highest BCUT2D eigenvalue weighted by Crippen LogP contribution is 2.34. The predicted molar refractivity (Wildman–Crippen MR) is 183 cm³/mol. The van der Waals surface area contributed by atoms with Crippen LogP contribution in [0.4, 0.5) is 0 Å². The fourth-order valence-electron chi connectivity index (χ4n) is 4.82. The van der Waals surface area contributed by atoms with E-state index in [0.717, 1.165) is 68.2 Å². The van der Waals surface area contributed by atoms with Crippen molar-refractivity contribution < 1.29 is 0 Å². The number of rotatable bonds is 10. The van der Waals surface area contributed by atoms with Crippen LogP contribution in [0.1, 0.15) is 31.5 Å². The maximum absolute atomic E-state index is 4.96. The molecule has 0 saturated carbocycles. The lowest BCUT2D eigenvalue weighted by Crippen LogP contribution is -1.93. The molecule has 0 aliphatic carbocycles. The lowest BCUT2D eigenvalue weighted by molar-refractivity contribution is 1.22. The number of hydrogen-bond acceptors (Lipinski definition) is 3. The third kappa shape index (κ3) is 7.46. The highest BCUT2D eigenvalue weighted by molar-refractivity contribution is 5.82. The van der Waals surface area contributed by atoms with E-state index >= 15 is 0 Å². The molecule has 0 spiro atoms. The molecule has 0 bridgehead atoms. The average molecular weight is 558 g/mol. The van der Waals surface area contributed by atoms with Gasteiger partial charge in [-0.15, -0.1) is 0 Å². The summed E-state index contributed by atoms with van der Waals surface area (Å²) in [6, 6.07) is 31.4. The Balaban J connectivity index is 1.65.